The molecule has 0 aromatic heterocycles. The van der Waals surface area contributed by atoms with E-state index in [9.17, 15) is 9.90 Å². The Morgan fingerprint density at radius 1 is 1.30 bits per heavy atom. The molecule has 112 valence electrons. The zero-order valence-electron chi connectivity index (χ0n) is 11.8. The molecule has 4 N–H and O–H groups in total. The van der Waals surface area contributed by atoms with Gasteiger partial charge in [-0.05, 0) is 11.6 Å². The standard InChI is InChI=1S/C16H11N5O2/c1-19-11-7-8-12(22)14(15(23)21-16(18)20-9-17)13(11)10-5-3-2-4-6-10/h2-8,22H,(H3,18,20,21,23). The number of nitrogens with zero attached hydrogens (tertiary/aromatic N) is 3. The molecule has 0 saturated heterocycles. The van der Waals surface area contributed by atoms with Crippen molar-refractivity contribution in [1.29, 1.82) is 5.26 Å². The van der Waals surface area contributed by atoms with Crippen LogP contribution >= 0.6 is 0 Å². The summed E-state index contributed by atoms with van der Waals surface area (Å²) in [5, 5.41) is 20.7. The molecule has 7 nitrogen and oxygen atoms in total. The number of hydrogen-bond acceptors (Lipinski definition) is 4. The molecule has 7 heteroatoms. The highest BCUT2D eigenvalue weighted by atomic mass is 16.3. The molecule has 0 saturated carbocycles. The molecular weight excluding hydrogens is 294 g/mol. The van der Waals surface area contributed by atoms with E-state index in [1.54, 1.807) is 30.3 Å². The summed E-state index contributed by atoms with van der Waals surface area (Å²) in [5.74, 6) is -1.47. The summed E-state index contributed by atoms with van der Waals surface area (Å²) < 4.78 is 0. The largest absolute Gasteiger partial charge is 0.507 e. The van der Waals surface area contributed by atoms with Crippen molar-refractivity contribution in [2.75, 3.05) is 0 Å². The number of carbonyl (C=O) groups is 1. The van der Waals surface area contributed by atoms with Gasteiger partial charge in [0.2, 0.25) is 12.2 Å². The molecule has 0 heterocycles. The quantitative estimate of drug-likeness (QED) is 0.341. The molecule has 0 atom stereocenters. The first kappa shape index (κ1) is 15.5. The minimum absolute atomic E-state index is 0.110. The highest BCUT2D eigenvalue weighted by molar-refractivity contribution is 6.12. The molecule has 0 fully saturated rings. The van der Waals surface area contributed by atoms with Gasteiger partial charge in [-0.2, -0.15) is 5.26 Å². The summed E-state index contributed by atoms with van der Waals surface area (Å²) in [7, 11) is 0. The topological polar surface area (TPSA) is 116 Å². The maximum absolute atomic E-state index is 12.4. The molecule has 1 amide bonds. The van der Waals surface area contributed by atoms with Crippen molar-refractivity contribution in [2.45, 2.75) is 0 Å². The fraction of sp³-hybridized carbons (Fsp3) is 0. The molecule has 0 unspecified atom stereocenters. The number of nitriles is 1. The summed E-state index contributed by atoms with van der Waals surface area (Å²) in [6, 6.07) is 11.4. The molecule has 0 aliphatic carbocycles. The van der Waals surface area contributed by atoms with Crippen LogP contribution in [0.25, 0.3) is 16.0 Å². The summed E-state index contributed by atoms with van der Waals surface area (Å²) >= 11 is 0. The predicted octanol–water partition coefficient (Wildman–Crippen LogP) is 2.14. The van der Waals surface area contributed by atoms with Crippen molar-refractivity contribution in [1.82, 2.24) is 5.32 Å². The Bertz CT molecular complexity index is 861. The van der Waals surface area contributed by atoms with Crippen molar-refractivity contribution in [2.24, 2.45) is 10.7 Å². The van der Waals surface area contributed by atoms with Gasteiger partial charge in [-0.15, -0.1) is 4.99 Å². The second-order valence-corrected chi connectivity index (χ2v) is 4.38. The van der Waals surface area contributed by atoms with Gasteiger partial charge in [0.05, 0.1) is 12.1 Å². The first-order valence-corrected chi connectivity index (χ1v) is 6.41. The average Bonchev–Trinajstić information content (AvgIpc) is 2.55. The number of guanidine groups is 1. The maximum Gasteiger partial charge on any atom is 0.261 e. The van der Waals surface area contributed by atoms with E-state index >= 15 is 0 Å². The number of aromatic hydroxyl groups is 1. The van der Waals surface area contributed by atoms with Crippen LogP contribution in [0.2, 0.25) is 0 Å². The normalized spacial score (nSPS) is 10.4. The summed E-state index contributed by atoms with van der Waals surface area (Å²) in [6.45, 7) is 7.27. The molecule has 0 bridgehead atoms. The Morgan fingerprint density at radius 3 is 2.61 bits per heavy atom. The second kappa shape index (κ2) is 6.74. The highest BCUT2D eigenvalue weighted by Gasteiger charge is 2.21. The SMILES string of the molecule is [C-]#[N+]c1ccc(O)c(C(=O)NC(N)=NC#N)c1-c1ccccc1. The second-order valence-electron chi connectivity index (χ2n) is 4.38. The first-order valence-electron chi connectivity index (χ1n) is 6.41. The smallest absolute Gasteiger partial charge is 0.261 e. The number of rotatable bonds is 2. The number of hydrogen-bond donors (Lipinski definition) is 3. The van der Waals surface area contributed by atoms with E-state index < -0.39 is 11.9 Å². The predicted molar refractivity (Wildman–Crippen MR) is 84.5 cm³/mol. The molecule has 2 rings (SSSR count). The van der Waals surface area contributed by atoms with E-state index in [0.717, 1.165) is 0 Å². The van der Waals surface area contributed by atoms with E-state index in [1.165, 1.54) is 18.3 Å². The van der Waals surface area contributed by atoms with Crippen LogP contribution in [0, 0.1) is 18.0 Å². The zero-order valence-corrected chi connectivity index (χ0v) is 11.8. The molecule has 0 aliphatic rings. The Morgan fingerprint density at radius 2 is 2.00 bits per heavy atom. The Labute approximate surface area is 132 Å². The Kier molecular flexibility index (Phi) is 4.56. The number of amides is 1. The maximum atomic E-state index is 12.4. The number of benzene rings is 2. The van der Waals surface area contributed by atoms with Crippen LogP contribution in [0.5, 0.6) is 5.75 Å². The summed E-state index contributed by atoms with van der Waals surface area (Å²) in [4.78, 5) is 19.0. The van der Waals surface area contributed by atoms with Crippen molar-refractivity contribution in [3.63, 3.8) is 0 Å². The average molecular weight is 305 g/mol. The van der Waals surface area contributed by atoms with Crippen LogP contribution < -0.4 is 11.1 Å². The van der Waals surface area contributed by atoms with Crippen LogP contribution in [-0.2, 0) is 0 Å². The van der Waals surface area contributed by atoms with E-state index in [4.69, 9.17) is 17.6 Å². The number of nitrogens with one attached hydrogen (secondary N) is 1. The lowest BCUT2D eigenvalue weighted by Gasteiger charge is -2.13. The van der Waals surface area contributed by atoms with Crippen LogP contribution in [-0.4, -0.2) is 17.0 Å². The third-order valence-corrected chi connectivity index (χ3v) is 2.98. The van der Waals surface area contributed by atoms with Gasteiger partial charge in [0.25, 0.3) is 5.91 Å². The number of aliphatic imine (C=N–C) groups is 1. The summed E-state index contributed by atoms with van der Waals surface area (Å²) in [5.41, 5.74) is 6.35. The minimum Gasteiger partial charge on any atom is -0.507 e. The van der Waals surface area contributed by atoms with Crippen molar-refractivity contribution < 1.29 is 9.90 Å². The first-order chi connectivity index (χ1) is 11.1. The van der Waals surface area contributed by atoms with Gasteiger partial charge in [0.1, 0.15) is 5.75 Å². The van der Waals surface area contributed by atoms with Crippen molar-refractivity contribution in [3.8, 4) is 23.1 Å². The third-order valence-electron chi connectivity index (χ3n) is 2.98. The van der Waals surface area contributed by atoms with Gasteiger partial charge in [0, 0.05) is 5.56 Å². The third kappa shape index (κ3) is 3.26. The van der Waals surface area contributed by atoms with Gasteiger partial charge >= 0.3 is 0 Å². The summed E-state index contributed by atoms with van der Waals surface area (Å²) in [6.07, 6.45) is 1.44. The van der Waals surface area contributed by atoms with Crippen LogP contribution in [0.4, 0.5) is 5.69 Å². The van der Waals surface area contributed by atoms with E-state index in [1.807, 2.05) is 0 Å². The van der Waals surface area contributed by atoms with Gasteiger partial charge in [-0.25, -0.2) is 4.85 Å². The zero-order chi connectivity index (χ0) is 16.8. The molecule has 0 radical (unpaired) electrons. The van der Waals surface area contributed by atoms with Crippen LogP contribution in [0.15, 0.2) is 47.5 Å². The molecule has 0 aliphatic heterocycles. The van der Waals surface area contributed by atoms with Gasteiger partial charge < -0.3 is 10.8 Å². The van der Waals surface area contributed by atoms with Crippen molar-refractivity contribution in [3.05, 3.63) is 59.4 Å². The lowest BCUT2D eigenvalue weighted by atomic mass is 9.96. The lowest BCUT2D eigenvalue weighted by Crippen LogP contribution is -2.36. The molecule has 23 heavy (non-hydrogen) atoms. The Hall–Kier alpha value is -3.84. The van der Waals surface area contributed by atoms with Crippen LogP contribution in [0.1, 0.15) is 10.4 Å². The van der Waals surface area contributed by atoms with E-state index in [-0.39, 0.29) is 22.6 Å². The van der Waals surface area contributed by atoms with Crippen LogP contribution in [0.3, 0.4) is 0 Å². The van der Waals surface area contributed by atoms with Crippen molar-refractivity contribution >= 4 is 17.6 Å². The molecule has 2 aromatic rings. The van der Waals surface area contributed by atoms with E-state index in [0.29, 0.717) is 5.56 Å². The minimum atomic E-state index is -0.761. The van der Waals surface area contributed by atoms with E-state index in [2.05, 4.69) is 15.2 Å². The fourth-order valence-electron chi connectivity index (χ4n) is 2.06. The van der Waals surface area contributed by atoms with Gasteiger partial charge in [-0.3, -0.25) is 10.1 Å². The number of carbonyl (C=O) groups excluding carboxylic acids is 1. The number of phenols is 1. The molecular formula is C16H11N5O2. The lowest BCUT2D eigenvalue weighted by molar-refractivity contribution is 0.0975. The number of phenolic OH excluding ortho intramolecular Hbond substituents is 1. The van der Waals surface area contributed by atoms with Gasteiger partial charge in [0.15, 0.2) is 5.69 Å². The molecule has 2 aromatic carbocycles. The monoisotopic (exact) mass is 305 g/mol. The highest BCUT2D eigenvalue weighted by Crippen LogP contribution is 2.38. The Balaban J connectivity index is 2.64. The molecule has 0 spiro atoms. The number of nitrogens with two attached hydrogens (primary N) is 1. The fourth-order valence-corrected chi connectivity index (χ4v) is 2.06. The van der Waals surface area contributed by atoms with Gasteiger partial charge in [-0.1, -0.05) is 36.4 Å².